The van der Waals surface area contributed by atoms with Gasteiger partial charge in [-0.15, -0.1) is 0 Å². The number of aromatic nitrogens is 1. The Morgan fingerprint density at radius 1 is 1.22 bits per heavy atom. The largest absolute Gasteiger partial charge is 0.503 e. The zero-order valence-corrected chi connectivity index (χ0v) is 10.3. The number of pyridine rings is 1. The van der Waals surface area contributed by atoms with Crippen molar-refractivity contribution in [3.8, 4) is 11.6 Å². The Kier molecular flexibility index (Phi) is 4.02. The molecule has 0 fully saturated rings. The highest BCUT2D eigenvalue weighted by atomic mass is 16.5. The van der Waals surface area contributed by atoms with Crippen molar-refractivity contribution < 1.29 is 9.84 Å². The van der Waals surface area contributed by atoms with Gasteiger partial charge < -0.3 is 15.2 Å². The molecule has 0 saturated carbocycles. The summed E-state index contributed by atoms with van der Waals surface area (Å²) in [5.41, 5.74) is 2.28. The summed E-state index contributed by atoms with van der Waals surface area (Å²) in [6.45, 7) is 3.15. The molecule has 1 aromatic heterocycles. The molecule has 2 rings (SSSR count). The summed E-state index contributed by atoms with van der Waals surface area (Å²) in [5.74, 6) is 0.331. The van der Waals surface area contributed by atoms with Crippen molar-refractivity contribution in [3.05, 3.63) is 48.2 Å². The second-order valence-corrected chi connectivity index (χ2v) is 3.92. The number of aromatic hydroxyl groups is 1. The van der Waals surface area contributed by atoms with Crippen LogP contribution in [-0.4, -0.2) is 23.2 Å². The minimum atomic E-state index is 0.0633. The molecule has 0 unspecified atom stereocenters. The van der Waals surface area contributed by atoms with Crippen LogP contribution in [0.15, 0.2) is 42.6 Å². The summed E-state index contributed by atoms with van der Waals surface area (Å²) in [5, 5.41) is 12.7. The van der Waals surface area contributed by atoms with Crippen molar-refractivity contribution in [2.24, 2.45) is 0 Å². The minimum absolute atomic E-state index is 0.0633. The fourth-order valence-electron chi connectivity index (χ4n) is 1.60. The quantitative estimate of drug-likeness (QED) is 0.794. The number of aryl methyl sites for hydroxylation is 1. The fourth-order valence-corrected chi connectivity index (χ4v) is 1.60. The molecule has 2 N–H and O–H groups in total. The Bertz CT molecular complexity index is 467. The van der Waals surface area contributed by atoms with Crippen molar-refractivity contribution in [1.29, 1.82) is 0 Å². The third kappa shape index (κ3) is 3.13. The van der Waals surface area contributed by atoms with Crippen LogP contribution in [0.4, 0.5) is 5.69 Å². The summed E-state index contributed by atoms with van der Waals surface area (Å²) in [7, 11) is 0. The van der Waals surface area contributed by atoms with Crippen molar-refractivity contribution in [3.63, 3.8) is 0 Å². The van der Waals surface area contributed by atoms with Gasteiger partial charge in [0.05, 0.1) is 0 Å². The van der Waals surface area contributed by atoms with E-state index in [-0.39, 0.29) is 11.6 Å². The molecule has 1 aromatic carbocycles. The SMILES string of the molecule is Cc1ccccc1NCCOc1ncccc1O. The standard InChI is InChI=1S/C14H16N2O2/c1-11-5-2-3-6-12(11)15-9-10-18-14-13(17)7-4-8-16-14/h2-8,15,17H,9-10H2,1H3. The van der Waals surface area contributed by atoms with Crippen LogP contribution in [0.5, 0.6) is 11.6 Å². The van der Waals surface area contributed by atoms with Gasteiger partial charge in [-0.1, -0.05) is 18.2 Å². The average molecular weight is 244 g/mol. The molecule has 2 aromatic rings. The number of hydrogen-bond donors (Lipinski definition) is 2. The molecule has 4 nitrogen and oxygen atoms in total. The van der Waals surface area contributed by atoms with Gasteiger partial charge >= 0.3 is 0 Å². The van der Waals surface area contributed by atoms with Crippen LogP contribution in [0, 0.1) is 6.92 Å². The molecule has 4 heteroatoms. The third-order valence-corrected chi connectivity index (χ3v) is 2.55. The molecule has 0 aliphatic rings. The lowest BCUT2D eigenvalue weighted by Crippen LogP contribution is -2.12. The zero-order chi connectivity index (χ0) is 12.8. The van der Waals surface area contributed by atoms with Crippen LogP contribution >= 0.6 is 0 Å². The Labute approximate surface area is 106 Å². The second-order valence-electron chi connectivity index (χ2n) is 3.92. The Hall–Kier alpha value is -2.23. The smallest absolute Gasteiger partial charge is 0.256 e. The third-order valence-electron chi connectivity index (χ3n) is 2.55. The Balaban J connectivity index is 1.80. The van der Waals surface area contributed by atoms with E-state index in [1.807, 2.05) is 31.2 Å². The first kappa shape index (κ1) is 12.2. The summed E-state index contributed by atoms with van der Waals surface area (Å²) in [6.07, 6.45) is 1.59. The predicted molar refractivity (Wildman–Crippen MR) is 71.1 cm³/mol. The van der Waals surface area contributed by atoms with E-state index in [1.54, 1.807) is 18.3 Å². The molecule has 1 heterocycles. The molecule has 0 spiro atoms. The van der Waals surface area contributed by atoms with Gasteiger partial charge in [-0.25, -0.2) is 4.98 Å². The van der Waals surface area contributed by atoms with E-state index in [0.717, 1.165) is 5.69 Å². The van der Waals surface area contributed by atoms with Gasteiger partial charge in [-0.3, -0.25) is 0 Å². The van der Waals surface area contributed by atoms with Crippen LogP contribution in [0.25, 0.3) is 0 Å². The van der Waals surface area contributed by atoms with Gasteiger partial charge in [0.15, 0.2) is 5.75 Å². The lowest BCUT2D eigenvalue weighted by molar-refractivity contribution is 0.299. The van der Waals surface area contributed by atoms with E-state index in [4.69, 9.17) is 4.74 Å². The van der Waals surface area contributed by atoms with Gasteiger partial charge in [-0.2, -0.15) is 0 Å². The molecule has 18 heavy (non-hydrogen) atoms. The molecule has 0 aliphatic carbocycles. The molecule has 0 aliphatic heterocycles. The highest BCUT2D eigenvalue weighted by Crippen LogP contribution is 2.20. The summed E-state index contributed by atoms with van der Waals surface area (Å²) < 4.78 is 5.37. The molecule has 0 atom stereocenters. The van der Waals surface area contributed by atoms with E-state index in [9.17, 15) is 5.11 Å². The second kappa shape index (κ2) is 5.91. The lowest BCUT2D eigenvalue weighted by atomic mass is 10.2. The van der Waals surface area contributed by atoms with Crippen LogP contribution < -0.4 is 10.1 Å². The van der Waals surface area contributed by atoms with E-state index in [0.29, 0.717) is 13.2 Å². The minimum Gasteiger partial charge on any atom is -0.503 e. The number of para-hydroxylation sites is 1. The first-order chi connectivity index (χ1) is 8.77. The topological polar surface area (TPSA) is 54.4 Å². The maximum Gasteiger partial charge on any atom is 0.256 e. The Morgan fingerprint density at radius 2 is 2.06 bits per heavy atom. The number of nitrogens with zero attached hydrogens (tertiary/aromatic N) is 1. The molecule has 0 saturated heterocycles. The van der Waals surface area contributed by atoms with Crippen molar-refractivity contribution >= 4 is 5.69 Å². The van der Waals surface area contributed by atoms with Crippen molar-refractivity contribution in [2.75, 3.05) is 18.5 Å². The van der Waals surface area contributed by atoms with Crippen LogP contribution in [0.3, 0.4) is 0 Å². The molecular weight excluding hydrogens is 228 g/mol. The van der Waals surface area contributed by atoms with E-state index in [1.165, 1.54) is 5.56 Å². The maximum atomic E-state index is 9.46. The lowest BCUT2D eigenvalue weighted by Gasteiger charge is -2.10. The first-order valence-electron chi connectivity index (χ1n) is 5.83. The van der Waals surface area contributed by atoms with Gasteiger partial charge in [-0.05, 0) is 30.7 Å². The summed E-state index contributed by atoms with van der Waals surface area (Å²) in [4.78, 5) is 3.94. The predicted octanol–water partition coefficient (Wildman–Crippen LogP) is 2.59. The number of anilines is 1. The number of ether oxygens (including phenoxy) is 1. The average Bonchev–Trinajstić information content (AvgIpc) is 2.38. The first-order valence-corrected chi connectivity index (χ1v) is 5.83. The normalized spacial score (nSPS) is 10.1. The van der Waals surface area contributed by atoms with Gasteiger partial charge in [0.2, 0.25) is 0 Å². The van der Waals surface area contributed by atoms with Crippen molar-refractivity contribution in [2.45, 2.75) is 6.92 Å². The van der Waals surface area contributed by atoms with Gasteiger partial charge in [0.1, 0.15) is 6.61 Å². The van der Waals surface area contributed by atoms with Crippen molar-refractivity contribution in [1.82, 2.24) is 4.98 Å². The van der Waals surface area contributed by atoms with Crippen LogP contribution in [0.1, 0.15) is 5.56 Å². The molecule has 0 radical (unpaired) electrons. The van der Waals surface area contributed by atoms with E-state index in [2.05, 4.69) is 10.3 Å². The molecule has 0 bridgehead atoms. The van der Waals surface area contributed by atoms with Gasteiger partial charge in [0.25, 0.3) is 5.88 Å². The number of rotatable bonds is 5. The number of hydrogen-bond acceptors (Lipinski definition) is 4. The van der Waals surface area contributed by atoms with E-state index < -0.39 is 0 Å². The number of benzene rings is 1. The highest BCUT2D eigenvalue weighted by molar-refractivity contribution is 5.50. The van der Waals surface area contributed by atoms with Crippen LogP contribution in [0.2, 0.25) is 0 Å². The summed E-state index contributed by atoms with van der Waals surface area (Å²) in [6, 6.07) is 11.3. The fraction of sp³-hybridized carbons (Fsp3) is 0.214. The Morgan fingerprint density at radius 3 is 2.83 bits per heavy atom. The monoisotopic (exact) mass is 244 g/mol. The number of nitrogens with one attached hydrogen (secondary N) is 1. The molecule has 0 amide bonds. The van der Waals surface area contributed by atoms with Crippen LogP contribution in [-0.2, 0) is 0 Å². The maximum absolute atomic E-state index is 9.46. The van der Waals surface area contributed by atoms with Gasteiger partial charge in [0, 0.05) is 18.4 Å². The zero-order valence-electron chi connectivity index (χ0n) is 10.3. The highest BCUT2D eigenvalue weighted by Gasteiger charge is 2.01. The summed E-state index contributed by atoms with van der Waals surface area (Å²) >= 11 is 0. The molecular formula is C14H16N2O2. The molecule has 94 valence electrons. The van der Waals surface area contributed by atoms with E-state index >= 15 is 0 Å².